The van der Waals surface area contributed by atoms with Crippen LogP contribution in [0.5, 0.6) is 0 Å². The van der Waals surface area contributed by atoms with E-state index in [1.807, 2.05) is 6.07 Å². The molecule has 0 radical (unpaired) electrons. The summed E-state index contributed by atoms with van der Waals surface area (Å²) in [6.07, 6.45) is 1.88. The second kappa shape index (κ2) is 11.7. The van der Waals surface area contributed by atoms with E-state index in [4.69, 9.17) is 14.2 Å². The van der Waals surface area contributed by atoms with Gasteiger partial charge in [0.1, 0.15) is 6.33 Å². The van der Waals surface area contributed by atoms with Crippen LogP contribution in [0.2, 0.25) is 0 Å². The lowest BCUT2D eigenvalue weighted by Crippen LogP contribution is -2.47. The highest BCUT2D eigenvalue weighted by Gasteiger charge is 2.55. The summed E-state index contributed by atoms with van der Waals surface area (Å²) in [6.45, 7) is 3.73. The molecule has 1 aliphatic rings. The van der Waals surface area contributed by atoms with Crippen LogP contribution in [-0.4, -0.2) is 55.7 Å². The van der Waals surface area contributed by atoms with Gasteiger partial charge in [-0.15, -0.1) is 0 Å². The Morgan fingerprint density at radius 1 is 0.860 bits per heavy atom. The minimum absolute atomic E-state index is 0.172. The van der Waals surface area contributed by atoms with Crippen molar-refractivity contribution in [3.05, 3.63) is 133 Å². The highest BCUT2D eigenvalue weighted by atomic mass is 16.6. The van der Waals surface area contributed by atoms with Gasteiger partial charge in [-0.05, 0) is 42.5 Å². The van der Waals surface area contributed by atoms with E-state index in [1.165, 1.54) is 18.7 Å². The molecule has 11 nitrogen and oxygen atoms in total. The number of benzene rings is 3. The molecule has 0 saturated carbocycles. The first kappa shape index (κ1) is 27.5. The van der Waals surface area contributed by atoms with Gasteiger partial charge in [0.05, 0.1) is 24.1 Å². The van der Waals surface area contributed by atoms with Crippen molar-refractivity contribution >= 4 is 34.8 Å². The predicted octanol–water partition coefficient (Wildman–Crippen LogP) is 4.61. The van der Waals surface area contributed by atoms with Crippen LogP contribution in [0.1, 0.15) is 37.3 Å². The average molecular weight is 576 g/mol. The van der Waals surface area contributed by atoms with Gasteiger partial charge >= 0.3 is 11.9 Å². The van der Waals surface area contributed by atoms with Crippen molar-refractivity contribution in [2.75, 3.05) is 11.9 Å². The lowest BCUT2D eigenvalue weighted by atomic mass is 9.98. The molecule has 1 amide bonds. The van der Waals surface area contributed by atoms with Gasteiger partial charge in [-0.2, -0.15) is 0 Å². The second-order valence-electron chi connectivity index (χ2n) is 9.67. The standard InChI is InChI=1S/C32H25N5O6/c1-2-32(43-31(40)23-16-10-5-11-17-23)18-41-29(25(32)42-30(39)22-14-8-4-9-15-22)37-20-35-24-26(33-19-34-27(24)37)36-28(38)21-12-6-3-7-13-21/h2-17,19-20,25,29H,1,18H2,(H,33,34,36,38)/t25-,29+,32+/m0/s1. The predicted molar refractivity (Wildman–Crippen MR) is 155 cm³/mol. The first-order valence-electron chi connectivity index (χ1n) is 13.3. The molecule has 6 rings (SSSR count). The van der Waals surface area contributed by atoms with Crippen molar-refractivity contribution in [1.29, 1.82) is 0 Å². The molecule has 3 atom stereocenters. The number of nitrogens with one attached hydrogen (secondary N) is 1. The fourth-order valence-electron chi connectivity index (χ4n) is 4.78. The molecule has 214 valence electrons. The largest absolute Gasteiger partial charge is 0.449 e. The van der Waals surface area contributed by atoms with Gasteiger partial charge in [-0.3, -0.25) is 9.36 Å². The number of hydrogen-bond donors (Lipinski definition) is 1. The molecule has 1 fully saturated rings. The molecule has 3 heterocycles. The number of fused-ring (bicyclic) bond motifs is 1. The second-order valence-corrected chi connectivity index (χ2v) is 9.67. The number of carbonyl (C=O) groups excluding carboxylic acids is 3. The van der Waals surface area contributed by atoms with Crippen molar-refractivity contribution < 1.29 is 28.6 Å². The molecular formula is C32H25N5O6. The molecule has 1 saturated heterocycles. The number of ether oxygens (including phenoxy) is 3. The summed E-state index contributed by atoms with van der Waals surface area (Å²) in [4.78, 5) is 52.3. The van der Waals surface area contributed by atoms with Gasteiger partial charge in [0.25, 0.3) is 5.91 Å². The summed E-state index contributed by atoms with van der Waals surface area (Å²) in [7, 11) is 0. The highest BCUT2D eigenvalue weighted by molar-refractivity contribution is 6.06. The van der Waals surface area contributed by atoms with Gasteiger partial charge in [-0.1, -0.05) is 61.2 Å². The molecule has 43 heavy (non-hydrogen) atoms. The Kier molecular flexibility index (Phi) is 7.46. The number of anilines is 1. The Balaban J connectivity index is 1.36. The van der Waals surface area contributed by atoms with Crippen LogP contribution in [0.15, 0.2) is 116 Å². The Labute approximate surface area is 245 Å². The Hall–Kier alpha value is -5.68. The van der Waals surface area contributed by atoms with E-state index < -0.39 is 29.9 Å². The molecule has 2 aromatic heterocycles. The maximum absolute atomic E-state index is 13.3. The number of rotatable bonds is 8. The minimum Gasteiger partial charge on any atom is -0.449 e. The van der Waals surface area contributed by atoms with Crippen LogP contribution in [-0.2, 0) is 14.2 Å². The molecule has 0 spiro atoms. The van der Waals surface area contributed by atoms with Crippen molar-refractivity contribution in [3.8, 4) is 0 Å². The number of amides is 1. The Morgan fingerprint density at radius 3 is 2.09 bits per heavy atom. The van der Waals surface area contributed by atoms with E-state index in [9.17, 15) is 14.4 Å². The van der Waals surface area contributed by atoms with Crippen molar-refractivity contribution in [2.24, 2.45) is 0 Å². The lowest BCUT2D eigenvalue weighted by Gasteiger charge is -2.32. The van der Waals surface area contributed by atoms with Gasteiger partial charge in [0.15, 0.2) is 34.9 Å². The summed E-state index contributed by atoms with van der Waals surface area (Å²) in [5.41, 5.74) is 0.0517. The third-order valence-corrected chi connectivity index (χ3v) is 7.00. The molecule has 11 heteroatoms. The Morgan fingerprint density at radius 2 is 1.47 bits per heavy atom. The van der Waals surface area contributed by atoms with E-state index >= 15 is 0 Å². The number of aromatic nitrogens is 4. The molecular weight excluding hydrogens is 550 g/mol. The normalized spacial score (nSPS) is 19.4. The molecule has 5 aromatic rings. The minimum atomic E-state index is -1.56. The number of hydrogen-bond acceptors (Lipinski definition) is 9. The fourth-order valence-corrected chi connectivity index (χ4v) is 4.78. The van der Waals surface area contributed by atoms with E-state index in [-0.39, 0.29) is 23.8 Å². The van der Waals surface area contributed by atoms with E-state index in [1.54, 1.807) is 89.5 Å². The quantitative estimate of drug-likeness (QED) is 0.208. The van der Waals surface area contributed by atoms with Crippen LogP contribution < -0.4 is 5.32 Å². The van der Waals surface area contributed by atoms with E-state index in [0.29, 0.717) is 22.3 Å². The van der Waals surface area contributed by atoms with Gasteiger partial charge in [0.2, 0.25) is 0 Å². The number of esters is 2. The van der Waals surface area contributed by atoms with Crippen LogP contribution in [0.25, 0.3) is 11.2 Å². The lowest BCUT2D eigenvalue weighted by molar-refractivity contribution is -0.0670. The van der Waals surface area contributed by atoms with Crippen LogP contribution >= 0.6 is 0 Å². The number of imidazole rings is 1. The van der Waals surface area contributed by atoms with E-state index in [0.717, 1.165) is 0 Å². The van der Waals surface area contributed by atoms with Gasteiger partial charge < -0.3 is 19.5 Å². The van der Waals surface area contributed by atoms with Crippen molar-refractivity contribution in [3.63, 3.8) is 0 Å². The van der Waals surface area contributed by atoms with E-state index in [2.05, 4.69) is 26.8 Å². The fraction of sp³-hybridized carbons (Fsp3) is 0.125. The number of carbonyl (C=O) groups is 3. The summed E-state index contributed by atoms with van der Waals surface area (Å²) < 4.78 is 19.7. The first-order valence-corrected chi connectivity index (χ1v) is 13.3. The van der Waals surface area contributed by atoms with Gasteiger partial charge in [-0.25, -0.2) is 24.5 Å². The third kappa shape index (κ3) is 5.36. The maximum atomic E-state index is 13.3. The summed E-state index contributed by atoms with van der Waals surface area (Å²) in [5.74, 6) is -1.49. The average Bonchev–Trinajstić information content (AvgIpc) is 3.64. The SMILES string of the molecule is C=C[C@@]1(OC(=O)c2ccccc2)CO[C@@H](n2cnc3c(NC(=O)c4ccccc4)ncnc32)[C@@H]1OC(=O)c1ccccc1. The van der Waals surface area contributed by atoms with Crippen LogP contribution in [0.4, 0.5) is 5.82 Å². The maximum Gasteiger partial charge on any atom is 0.339 e. The summed E-state index contributed by atoms with van der Waals surface area (Å²) >= 11 is 0. The zero-order chi connectivity index (χ0) is 29.8. The molecule has 1 N–H and O–H groups in total. The summed E-state index contributed by atoms with van der Waals surface area (Å²) in [6, 6.07) is 25.5. The zero-order valence-corrected chi connectivity index (χ0v) is 22.7. The smallest absolute Gasteiger partial charge is 0.339 e. The van der Waals surface area contributed by atoms with Crippen molar-refractivity contribution in [2.45, 2.75) is 17.9 Å². The van der Waals surface area contributed by atoms with Gasteiger partial charge in [0, 0.05) is 5.56 Å². The third-order valence-electron chi connectivity index (χ3n) is 7.00. The first-order chi connectivity index (χ1) is 21.0. The molecule has 1 aliphatic heterocycles. The number of nitrogens with zero attached hydrogens (tertiary/aromatic N) is 4. The topological polar surface area (TPSA) is 135 Å². The highest BCUT2D eigenvalue weighted by Crippen LogP contribution is 2.40. The Bertz CT molecular complexity index is 1790. The van der Waals surface area contributed by atoms with Crippen LogP contribution in [0, 0.1) is 0 Å². The van der Waals surface area contributed by atoms with Crippen molar-refractivity contribution in [1.82, 2.24) is 19.5 Å². The monoisotopic (exact) mass is 575 g/mol. The zero-order valence-electron chi connectivity index (χ0n) is 22.7. The molecule has 0 bridgehead atoms. The molecule has 0 unspecified atom stereocenters. The molecule has 3 aromatic carbocycles. The molecule has 0 aliphatic carbocycles. The summed E-state index contributed by atoms with van der Waals surface area (Å²) in [5, 5.41) is 2.76. The van der Waals surface area contributed by atoms with Crippen LogP contribution in [0.3, 0.4) is 0 Å².